The highest BCUT2D eigenvalue weighted by molar-refractivity contribution is 5.82. The number of nitriles is 1. The van der Waals surface area contributed by atoms with Crippen LogP contribution in [0.5, 0.6) is 11.5 Å². The number of fused-ring (bicyclic) bond motifs is 1. The molecule has 2 aromatic carbocycles. The number of rotatable bonds is 5. The molecule has 0 atom stereocenters. The smallest absolute Gasteiger partial charge is 0.231 e. The third-order valence-corrected chi connectivity index (χ3v) is 4.68. The highest BCUT2D eigenvalue weighted by Crippen LogP contribution is 2.24. The Morgan fingerprint density at radius 2 is 1.81 bits per heavy atom. The van der Waals surface area contributed by atoms with Crippen LogP contribution in [-0.4, -0.2) is 20.1 Å². The van der Waals surface area contributed by atoms with Gasteiger partial charge in [-0.15, -0.1) is 0 Å². The number of pyridine rings is 2. The van der Waals surface area contributed by atoms with Crippen molar-refractivity contribution >= 4 is 10.9 Å². The van der Waals surface area contributed by atoms with E-state index in [1.807, 2.05) is 60.7 Å². The molecule has 31 heavy (non-hydrogen) atoms. The van der Waals surface area contributed by atoms with E-state index in [2.05, 4.69) is 20.1 Å². The molecule has 0 bridgehead atoms. The molecule has 0 saturated carbocycles. The maximum Gasteiger partial charge on any atom is 0.231 e. The van der Waals surface area contributed by atoms with Gasteiger partial charge in [0.05, 0.1) is 11.9 Å². The van der Waals surface area contributed by atoms with Crippen LogP contribution in [0.2, 0.25) is 0 Å². The van der Waals surface area contributed by atoms with Gasteiger partial charge < -0.3 is 9.26 Å². The minimum absolute atomic E-state index is 0.308. The molecule has 3 heterocycles. The van der Waals surface area contributed by atoms with Gasteiger partial charge in [0.2, 0.25) is 11.7 Å². The first-order chi connectivity index (χ1) is 15.3. The molecule has 0 aliphatic rings. The monoisotopic (exact) mass is 405 g/mol. The number of para-hydroxylation sites is 1. The lowest BCUT2D eigenvalue weighted by Crippen LogP contribution is -1.91. The molecule has 0 saturated heterocycles. The Balaban J connectivity index is 1.29. The maximum absolute atomic E-state index is 8.93. The van der Waals surface area contributed by atoms with E-state index in [-0.39, 0.29) is 0 Å². The predicted molar refractivity (Wildman–Crippen MR) is 113 cm³/mol. The van der Waals surface area contributed by atoms with Crippen LogP contribution in [0, 0.1) is 11.3 Å². The highest BCUT2D eigenvalue weighted by Gasteiger charge is 2.11. The summed E-state index contributed by atoms with van der Waals surface area (Å²) in [6, 6.07) is 22.8. The summed E-state index contributed by atoms with van der Waals surface area (Å²) in [5.41, 5.74) is 3.05. The zero-order chi connectivity index (χ0) is 21.0. The zero-order valence-corrected chi connectivity index (χ0v) is 16.3. The van der Waals surface area contributed by atoms with Crippen molar-refractivity contribution in [1.29, 1.82) is 5.26 Å². The fourth-order valence-corrected chi connectivity index (χ4v) is 3.16. The first-order valence-corrected chi connectivity index (χ1v) is 9.57. The summed E-state index contributed by atoms with van der Waals surface area (Å²) < 4.78 is 11.2. The third kappa shape index (κ3) is 4.09. The van der Waals surface area contributed by atoms with Crippen LogP contribution in [-0.2, 0) is 6.42 Å². The van der Waals surface area contributed by atoms with Crippen LogP contribution >= 0.6 is 0 Å². The lowest BCUT2D eigenvalue weighted by Gasteiger charge is -2.06. The normalized spacial score (nSPS) is 10.7. The standard InChI is InChI=1S/C24H15N5O2/c25-14-19-13-21(9-10-26-19)30-20-7-5-16(6-8-20)11-23-28-24(29-31-23)18-12-17-3-1-2-4-22(17)27-15-18/h1-10,12-13,15H,11H2. The van der Waals surface area contributed by atoms with Crippen molar-refractivity contribution in [2.24, 2.45) is 0 Å². The van der Waals surface area contributed by atoms with E-state index in [9.17, 15) is 0 Å². The molecule has 3 aromatic heterocycles. The fourth-order valence-electron chi connectivity index (χ4n) is 3.16. The predicted octanol–water partition coefficient (Wildman–Crippen LogP) is 4.93. The largest absolute Gasteiger partial charge is 0.457 e. The van der Waals surface area contributed by atoms with E-state index in [1.165, 1.54) is 0 Å². The lowest BCUT2D eigenvalue weighted by atomic mass is 10.1. The fraction of sp³-hybridized carbons (Fsp3) is 0.0417. The molecule has 0 spiro atoms. The van der Waals surface area contributed by atoms with Gasteiger partial charge in [0.25, 0.3) is 0 Å². The first-order valence-electron chi connectivity index (χ1n) is 9.57. The SMILES string of the molecule is N#Cc1cc(Oc2ccc(Cc3nc(-c4cnc5ccccc5c4)no3)cc2)ccn1. The van der Waals surface area contributed by atoms with Crippen molar-refractivity contribution in [2.75, 3.05) is 0 Å². The molecule has 0 unspecified atom stereocenters. The van der Waals surface area contributed by atoms with Crippen LogP contribution in [0.1, 0.15) is 17.1 Å². The molecule has 5 aromatic rings. The maximum atomic E-state index is 8.93. The molecular weight excluding hydrogens is 390 g/mol. The van der Waals surface area contributed by atoms with Gasteiger partial charge in [-0.05, 0) is 35.9 Å². The van der Waals surface area contributed by atoms with Crippen LogP contribution < -0.4 is 4.74 Å². The van der Waals surface area contributed by atoms with Gasteiger partial charge >= 0.3 is 0 Å². The molecule has 0 radical (unpaired) electrons. The Kier molecular flexibility index (Phi) is 4.79. The van der Waals surface area contributed by atoms with Crippen molar-refractivity contribution < 1.29 is 9.26 Å². The molecule has 7 heteroatoms. The van der Waals surface area contributed by atoms with Gasteiger partial charge in [0.15, 0.2) is 0 Å². The van der Waals surface area contributed by atoms with E-state index < -0.39 is 0 Å². The van der Waals surface area contributed by atoms with E-state index in [0.717, 1.165) is 22.0 Å². The molecule has 0 amide bonds. The van der Waals surface area contributed by atoms with Crippen molar-refractivity contribution in [1.82, 2.24) is 20.1 Å². The highest BCUT2D eigenvalue weighted by atomic mass is 16.5. The van der Waals surface area contributed by atoms with Crippen molar-refractivity contribution in [3.63, 3.8) is 0 Å². The summed E-state index contributed by atoms with van der Waals surface area (Å²) in [7, 11) is 0. The molecule has 7 nitrogen and oxygen atoms in total. The van der Waals surface area contributed by atoms with E-state index >= 15 is 0 Å². The Hall–Kier alpha value is -4.57. The number of hydrogen-bond donors (Lipinski definition) is 0. The molecule has 0 aliphatic carbocycles. The van der Waals surface area contributed by atoms with E-state index in [1.54, 1.807) is 24.5 Å². The minimum Gasteiger partial charge on any atom is -0.457 e. The second-order valence-electron chi connectivity index (χ2n) is 6.84. The van der Waals surface area contributed by atoms with Gasteiger partial charge in [0, 0.05) is 29.4 Å². The van der Waals surface area contributed by atoms with E-state index in [0.29, 0.717) is 35.3 Å². The summed E-state index contributed by atoms with van der Waals surface area (Å²) >= 11 is 0. The van der Waals surface area contributed by atoms with Crippen LogP contribution in [0.25, 0.3) is 22.3 Å². The number of benzene rings is 2. The van der Waals surface area contributed by atoms with Gasteiger partial charge in [-0.3, -0.25) is 4.98 Å². The summed E-state index contributed by atoms with van der Waals surface area (Å²) in [6.07, 6.45) is 3.79. The minimum atomic E-state index is 0.308. The van der Waals surface area contributed by atoms with Gasteiger partial charge in [-0.25, -0.2) is 4.98 Å². The molecule has 148 valence electrons. The molecule has 0 fully saturated rings. The van der Waals surface area contributed by atoms with Crippen molar-refractivity contribution in [3.05, 3.63) is 96.3 Å². The van der Waals surface area contributed by atoms with Crippen molar-refractivity contribution in [3.8, 4) is 29.0 Å². The summed E-state index contributed by atoms with van der Waals surface area (Å²) in [4.78, 5) is 12.9. The Morgan fingerprint density at radius 1 is 0.935 bits per heavy atom. The second kappa shape index (κ2) is 8.05. The van der Waals surface area contributed by atoms with Crippen LogP contribution in [0.3, 0.4) is 0 Å². The summed E-state index contributed by atoms with van der Waals surface area (Å²) in [5.74, 6) is 2.25. The average molecular weight is 405 g/mol. The van der Waals surface area contributed by atoms with Crippen LogP contribution in [0.4, 0.5) is 0 Å². The van der Waals surface area contributed by atoms with Gasteiger partial charge in [0.1, 0.15) is 23.3 Å². The summed E-state index contributed by atoms with van der Waals surface area (Å²) in [5, 5.41) is 14.1. The number of aromatic nitrogens is 4. The molecule has 5 rings (SSSR count). The third-order valence-electron chi connectivity index (χ3n) is 4.68. The van der Waals surface area contributed by atoms with Gasteiger partial charge in [-0.2, -0.15) is 10.2 Å². The second-order valence-corrected chi connectivity index (χ2v) is 6.84. The number of nitrogens with zero attached hydrogens (tertiary/aromatic N) is 5. The molecule has 0 N–H and O–H groups in total. The number of ether oxygens (including phenoxy) is 1. The quantitative estimate of drug-likeness (QED) is 0.409. The topological polar surface area (TPSA) is 97.7 Å². The van der Waals surface area contributed by atoms with Gasteiger partial charge in [-0.1, -0.05) is 35.5 Å². The summed E-state index contributed by atoms with van der Waals surface area (Å²) in [6.45, 7) is 0. The Labute approximate surface area is 177 Å². The molecular formula is C24H15N5O2. The van der Waals surface area contributed by atoms with E-state index in [4.69, 9.17) is 14.5 Å². The van der Waals surface area contributed by atoms with Crippen LogP contribution in [0.15, 0.2) is 83.6 Å². The number of hydrogen-bond acceptors (Lipinski definition) is 7. The Bertz CT molecular complexity index is 1400. The van der Waals surface area contributed by atoms with Crippen molar-refractivity contribution in [2.45, 2.75) is 6.42 Å². The average Bonchev–Trinajstić information content (AvgIpc) is 3.29. The Morgan fingerprint density at radius 3 is 2.68 bits per heavy atom. The zero-order valence-electron chi connectivity index (χ0n) is 16.3. The molecule has 0 aliphatic heterocycles. The lowest BCUT2D eigenvalue weighted by molar-refractivity contribution is 0.385. The first kappa shape index (κ1) is 18.5.